The molecule has 2 unspecified atom stereocenters. The summed E-state index contributed by atoms with van der Waals surface area (Å²) in [5.74, 6) is 0. The highest BCUT2D eigenvalue weighted by Gasteiger charge is 2.45. The minimum atomic E-state index is -4.11. The van der Waals surface area contributed by atoms with Gasteiger partial charge in [-0.25, -0.2) is 0 Å². The van der Waals surface area contributed by atoms with Gasteiger partial charge in [-0.1, -0.05) is 27.7 Å². The van der Waals surface area contributed by atoms with Crippen LogP contribution in [0.15, 0.2) is 0 Å². The minimum absolute atomic E-state index is 0.00632. The van der Waals surface area contributed by atoms with Crippen molar-refractivity contribution >= 4 is 0 Å². The Kier molecular flexibility index (Phi) is 5.68. The second-order valence-electron chi connectivity index (χ2n) is 6.20. The third kappa shape index (κ3) is 4.63. The molecule has 5 heteroatoms. The average molecular weight is 280 g/mol. The highest BCUT2D eigenvalue weighted by molar-refractivity contribution is 5.01. The summed E-state index contributed by atoms with van der Waals surface area (Å²) in [6.45, 7) is 8.72. The number of rotatable bonds is 6. The lowest BCUT2D eigenvalue weighted by Gasteiger charge is -2.37. The fraction of sp³-hybridized carbons (Fsp3) is 1.00. The van der Waals surface area contributed by atoms with Crippen molar-refractivity contribution in [1.29, 1.82) is 0 Å². The van der Waals surface area contributed by atoms with Crippen molar-refractivity contribution in [2.45, 2.75) is 65.2 Å². The summed E-state index contributed by atoms with van der Waals surface area (Å²) in [4.78, 5) is 1.59. The first-order valence-electron chi connectivity index (χ1n) is 7.25. The first-order valence-corrected chi connectivity index (χ1v) is 7.25. The van der Waals surface area contributed by atoms with Gasteiger partial charge < -0.3 is 5.32 Å². The minimum Gasteiger partial charge on any atom is -0.312 e. The Morgan fingerprint density at radius 1 is 1.26 bits per heavy atom. The Labute approximate surface area is 114 Å². The summed E-state index contributed by atoms with van der Waals surface area (Å²) in [5.41, 5.74) is 0.0683. The predicted molar refractivity (Wildman–Crippen MR) is 72.2 cm³/mol. The largest absolute Gasteiger partial charge is 0.401 e. The Balaban J connectivity index is 2.77. The van der Waals surface area contributed by atoms with E-state index in [-0.39, 0.29) is 17.5 Å². The Morgan fingerprint density at radius 2 is 1.89 bits per heavy atom. The Hall–Kier alpha value is -0.290. The molecule has 0 heterocycles. The molecule has 1 rings (SSSR count). The zero-order valence-electron chi connectivity index (χ0n) is 12.5. The van der Waals surface area contributed by atoms with Gasteiger partial charge in [0.1, 0.15) is 0 Å². The van der Waals surface area contributed by atoms with E-state index in [4.69, 9.17) is 0 Å². The number of likely N-dealkylation sites (N-methyl/N-ethyl adjacent to an activating group) is 1. The summed E-state index contributed by atoms with van der Waals surface area (Å²) >= 11 is 0. The number of nitrogens with one attached hydrogen (secondary N) is 1. The number of hydrogen-bond donors (Lipinski definition) is 1. The van der Waals surface area contributed by atoms with Crippen molar-refractivity contribution in [3.05, 3.63) is 0 Å². The number of alkyl halides is 3. The molecule has 0 radical (unpaired) electrons. The predicted octanol–water partition coefficient (Wildman–Crippen LogP) is 3.43. The van der Waals surface area contributed by atoms with E-state index in [2.05, 4.69) is 26.1 Å². The maximum atomic E-state index is 12.7. The molecule has 0 amide bonds. The molecule has 1 saturated carbocycles. The van der Waals surface area contributed by atoms with Crippen LogP contribution >= 0.6 is 0 Å². The number of halogens is 3. The van der Waals surface area contributed by atoms with Gasteiger partial charge in [0.2, 0.25) is 0 Å². The molecule has 1 N–H and O–H groups in total. The van der Waals surface area contributed by atoms with Crippen molar-refractivity contribution in [1.82, 2.24) is 10.2 Å². The summed E-state index contributed by atoms with van der Waals surface area (Å²) in [5, 5.41) is 3.46. The summed E-state index contributed by atoms with van der Waals surface area (Å²) < 4.78 is 38.0. The molecular weight excluding hydrogens is 253 g/mol. The van der Waals surface area contributed by atoms with Gasteiger partial charge in [-0.15, -0.1) is 0 Å². The van der Waals surface area contributed by atoms with Crippen LogP contribution in [0, 0.1) is 5.41 Å². The highest BCUT2D eigenvalue weighted by atomic mass is 19.4. The van der Waals surface area contributed by atoms with E-state index in [9.17, 15) is 13.2 Å². The van der Waals surface area contributed by atoms with Crippen LogP contribution in [0.3, 0.4) is 0 Å². The molecule has 19 heavy (non-hydrogen) atoms. The maximum Gasteiger partial charge on any atom is 0.401 e. The quantitative estimate of drug-likeness (QED) is 0.802. The molecule has 0 spiro atoms. The molecule has 1 fully saturated rings. The van der Waals surface area contributed by atoms with E-state index in [0.717, 1.165) is 25.8 Å². The van der Waals surface area contributed by atoms with E-state index in [1.807, 2.05) is 6.92 Å². The number of nitrogens with zero attached hydrogens (tertiary/aromatic N) is 1. The fourth-order valence-corrected chi connectivity index (χ4v) is 3.16. The Morgan fingerprint density at radius 3 is 2.37 bits per heavy atom. The molecule has 0 aromatic carbocycles. The van der Waals surface area contributed by atoms with Gasteiger partial charge in [0.05, 0.1) is 6.54 Å². The molecule has 2 atom stereocenters. The first-order chi connectivity index (χ1) is 8.71. The van der Waals surface area contributed by atoms with Crippen molar-refractivity contribution < 1.29 is 13.2 Å². The first kappa shape index (κ1) is 16.8. The monoisotopic (exact) mass is 280 g/mol. The van der Waals surface area contributed by atoms with E-state index >= 15 is 0 Å². The van der Waals surface area contributed by atoms with Crippen molar-refractivity contribution in [2.24, 2.45) is 5.41 Å². The van der Waals surface area contributed by atoms with E-state index < -0.39 is 12.7 Å². The van der Waals surface area contributed by atoms with Crippen LogP contribution in [-0.2, 0) is 0 Å². The zero-order chi connectivity index (χ0) is 14.7. The van der Waals surface area contributed by atoms with Gasteiger partial charge in [0.15, 0.2) is 0 Å². The lowest BCUT2D eigenvalue weighted by molar-refractivity contribution is -0.151. The van der Waals surface area contributed by atoms with Gasteiger partial charge in [-0.2, -0.15) is 13.2 Å². The molecule has 0 saturated heterocycles. The van der Waals surface area contributed by atoms with Crippen LogP contribution in [0.5, 0.6) is 0 Å². The van der Waals surface area contributed by atoms with Crippen LogP contribution < -0.4 is 5.32 Å². The van der Waals surface area contributed by atoms with Crippen LogP contribution in [0.25, 0.3) is 0 Å². The number of hydrogen-bond acceptors (Lipinski definition) is 2. The summed E-state index contributed by atoms with van der Waals surface area (Å²) in [7, 11) is 0. The van der Waals surface area contributed by atoms with E-state index in [1.54, 1.807) is 4.90 Å². The van der Waals surface area contributed by atoms with E-state index in [0.29, 0.717) is 6.54 Å². The average Bonchev–Trinajstić information content (AvgIpc) is 2.58. The molecule has 0 aromatic rings. The second kappa shape index (κ2) is 6.44. The molecule has 114 valence electrons. The summed E-state index contributed by atoms with van der Waals surface area (Å²) in [6, 6.07) is 0.142. The third-order valence-corrected chi connectivity index (χ3v) is 4.18. The van der Waals surface area contributed by atoms with Gasteiger partial charge in [-0.3, -0.25) is 4.90 Å². The third-order valence-electron chi connectivity index (χ3n) is 4.18. The van der Waals surface area contributed by atoms with Crippen LogP contribution in [0.2, 0.25) is 0 Å². The van der Waals surface area contributed by atoms with Crippen molar-refractivity contribution in [3.8, 4) is 0 Å². The molecule has 1 aliphatic rings. The molecule has 0 aromatic heterocycles. The van der Waals surface area contributed by atoms with Crippen LogP contribution in [-0.4, -0.2) is 42.8 Å². The summed E-state index contributed by atoms with van der Waals surface area (Å²) in [6.07, 6.45) is -1.28. The van der Waals surface area contributed by atoms with Gasteiger partial charge >= 0.3 is 6.18 Å². The van der Waals surface area contributed by atoms with Crippen LogP contribution in [0.4, 0.5) is 13.2 Å². The molecule has 1 aliphatic carbocycles. The lowest BCUT2D eigenvalue weighted by atomic mass is 9.86. The SMILES string of the molecule is CCCNC1C(N(CC)CC(F)(F)F)CCC1(C)C. The van der Waals surface area contributed by atoms with Gasteiger partial charge in [-0.05, 0) is 37.8 Å². The topological polar surface area (TPSA) is 15.3 Å². The van der Waals surface area contributed by atoms with Gasteiger partial charge in [0, 0.05) is 12.1 Å². The lowest BCUT2D eigenvalue weighted by Crippen LogP contribution is -2.53. The molecule has 0 aliphatic heterocycles. The molecule has 0 bridgehead atoms. The second-order valence-corrected chi connectivity index (χ2v) is 6.20. The fourth-order valence-electron chi connectivity index (χ4n) is 3.16. The van der Waals surface area contributed by atoms with Crippen molar-refractivity contribution in [2.75, 3.05) is 19.6 Å². The molecule has 2 nitrogen and oxygen atoms in total. The standard InChI is InChI=1S/C14H27F3N2/c1-5-9-18-12-11(7-8-13(12,3)4)19(6-2)10-14(15,16)17/h11-12,18H,5-10H2,1-4H3. The van der Waals surface area contributed by atoms with Crippen LogP contribution in [0.1, 0.15) is 47.0 Å². The van der Waals surface area contributed by atoms with Gasteiger partial charge in [0.25, 0.3) is 0 Å². The maximum absolute atomic E-state index is 12.7. The van der Waals surface area contributed by atoms with Crippen molar-refractivity contribution in [3.63, 3.8) is 0 Å². The Bertz CT molecular complexity index is 276. The van der Waals surface area contributed by atoms with E-state index in [1.165, 1.54) is 0 Å². The smallest absolute Gasteiger partial charge is 0.312 e. The normalized spacial score (nSPS) is 27.2. The zero-order valence-corrected chi connectivity index (χ0v) is 12.5. The molecular formula is C14H27F3N2. The highest BCUT2D eigenvalue weighted by Crippen LogP contribution is 2.40.